The Bertz CT molecular complexity index is 1120. The number of aryl methyl sites for hydroxylation is 1. The van der Waals surface area contributed by atoms with Gasteiger partial charge < -0.3 is 15.4 Å². The van der Waals surface area contributed by atoms with Crippen LogP contribution in [0.25, 0.3) is 11.4 Å². The Balaban J connectivity index is 2.01. The third-order valence-electron chi connectivity index (χ3n) is 3.62. The molecule has 2 N–H and O–H groups in total. The number of rotatable bonds is 6. The Morgan fingerprint density at radius 2 is 2.10 bits per heavy atom. The fourth-order valence-electron chi connectivity index (χ4n) is 2.40. The number of anilines is 2. The minimum atomic E-state index is -5.02. The maximum Gasteiger partial charge on any atom is 0.573 e. The second-order valence-electron chi connectivity index (χ2n) is 5.45. The molecule has 3 rings (SSSR count). The maximum atomic E-state index is 13.0. The van der Waals surface area contributed by atoms with Gasteiger partial charge in [0.15, 0.2) is 17.3 Å². The van der Waals surface area contributed by atoms with Gasteiger partial charge in [-0.2, -0.15) is 5.10 Å². The van der Waals surface area contributed by atoms with E-state index in [-0.39, 0.29) is 22.8 Å². The topological polar surface area (TPSA) is 120 Å². The zero-order chi connectivity index (χ0) is 23.5. The number of hydrogen-bond acceptors (Lipinski definition) is 8. The summed E-state index contributed by atoms with van der Waals surface area (Å²) in [6.45, 7) is -0.672. The van der Waals surface area contributed by atoms with E-state index in [1.54, 1.807) is 12.2 Å². The highest BCUT2D eigenvalue weighted by molar-refractivity contribution is 5.98. The molecule has 0 unspecified atom stereocenters. The third-order valence-corrected chi connectivity index (χ3v) is 3.62. The van der Waals surface area contributed by atoms with Crippen LogP contribution in [0.2, 0.25) is 0 Å². The molecule has 13 heteroatoms. The Labute approximate surface area is 166 Å². The van der Waals surface area contributed by atoms with Crippen molar-refractivity contribution < 1.29 is 26.8 Å². The number of nitrogens with zero attached hydrogens (tertiary/aromatic N) is 6. The lowest BCUT2D eigenvalue weighted by Gasteiger charge is -2.16. The van der Waals surface area contributed by atoms with Crippen LogP contribution in [0.15, 0.2) is 30.5 Å². The Morgan fingerprint density at radius 3 is 2.83 bits per heavy atom. The van der Waals surface area contributed by atoms with Gasteiger partial charge in [-0.1, -0.05) is 0 Å². The number of alkyl halides is 3. The molecular weight excluding hydrogens is 393 g/mol. The number of benzene rings is 1. The normalized spacial score (nSPS) is 13.2. The van der Waals surface area contributed by atoms with E-state index in [2.05, 4.69) is 35.8 Å². The van der Waals surface area contributed by atoms with Gasteiger partial charge in [0.25, 0.3) is 5.91 Å². The Morgan fingerprint density at radius 1 is 1.28 bits per heavy atom. The van der Waals surface area contributed by atoms with Crippen LogP contribution in [0.1, 0.15) is 21.5 Å². The van der Waals surface area contributed by atoms with Crippen LogP contribution in [-0.2, 0) is 6.54 Å². The molecule has 0 fully saturated rings. The third kappa shape index (κ3) is 4.56. The molecule has 10 nitrogen and oxygen atoms in total. The van der Waals surface area contributed by atoms with E-state index in [1.165, 1.54) is 29.1 Å². The summed E-state index contributed by atoms with van der Waals surface area (Å²) in [6.07, 6.45) is -3.85. The van der Waals surface area contributed by atoms with Crippen molar-refractivity contribution in [1.29, 1.82) is 0 Å². The van der Waals surface area contributed by atoms with Crippen LogP contribution < -0.4 is 15.4 Å². The first-order chi connectivity index (χ1) is 15.0. The first kappa shape index (κ1) is 16.2. The van der Waals surface area contributed by atoms with Crippen molar-refractivity contribution in [3.8, 4) is 17.1 Å². The summed E-state index contributed by atoms with van der Waals surface area (Å²) in [7, 11) is 0. The number of tetrazole rings is 1. The van der Waals surface area contributed by atoms with Crippen molar-refractivity contribution in [1.82, 2.24) is 35.7 Å². The zero-order valence-electron chi connectivity index (χ0n) is 17.7. The van der Waals surface area contributed by atoms with Gasteiger partial charge in [0.1, 0.15) is 0 Å². The first-order valence-electron chi connectivity index (χ1n) is 9.54. The van der Waals surface area contributed by atoms with Crippen LogP contribution >= 0.6 is 0 Å². The summed E-state index contributed by atoms with van der Waals surface area (Å²) in [4.78, 5) is 12.2. The fourth-order valence-corrected chi connectivity index (χ4v) is 2.40. The molecular formula is C16H15F3N8O2. The number of carbonyl (C=O) groups excluding carboxylic acids is 1. The lowest BCUT2D eigenvalue weighted by atomic mass is 10.1. The lowest BCUT2D eigenvalue weighted by Crippen LogP contribution is -2.21. The highest BCUT2D eigenvalue weighted by atomic mass is 19.4. The monoisotopic (exact) mass is 411 g/mol. The predicted octanol–water partition coefficient (Wildman–Crippen LogP) is 2.15. The molecule has 2 aromatic heterocycles. The highest BCUT2D eigenvalue weighted by Crippen LogP contribution is 2.36. The van der Waals surface area contributed by atoms with Gasteiger partial charge in [-0.3, -0.25) is 4.79 Å². The molecule has 152 valence electrons. The van der Waals surface area contributed by atoms with Crippen molar-refractivity contribution in [2.45, 2.75) is 19.8 Å². The average molecular weight is 411 g/mol. The number of carbonyl (C=O) groups is 1. The minimum absolute atomic E-state index is 0.0973. The molecule has 1 aromatic carbocycles. The van der Waals surface area contributed by atoms with Crippen molar-refractivity contribution in [2.75, 3.05) is 12.3 Å². The van der Waals surface area contributed by atoms with Gasteiger partial charge >= 0.3 is 6.36 Å². The van der Waals surface area contributed by atoms with Crippen molar-refractivity contribution in [2.24, 2.45) is 0 Å². The average Bonchev–Trinajstić information content (AvgIpc) is 3.16. The molecule has 0 atom stereocenters. The predicted molar refractivity (Wildman–Crippen MR) is 94.3 cm³/mol. The molecule has 0 aliphatic carbocycles. The van der Waals surface area contributed by atoms with Crippen LogP contribution in [0.5, 0.6) is 5.75 Å². The number of aromatic nitrogens is 6. The van der Waals surface area contributed by atoms with E-state index in [4.69, 9.17) is 4.11 Å². The molecule has 29 heavy (non-hydrogen) atoms. The fraction of sp³-hybridized carbons (Fsp3) is 0.250. The maximum absolute atomic E-state index is 13.0. The molecule has 0 bridgehead atoms. The highest BCUT2D eigenvalue weighted by Gasteiger charge is 2.32. The quantitative estimate of drug-likeness (QED) is 0.633. The van der Waals surface area contributed by atoms with Crippen LogP contribution in [0.3, 0.4) is 0 Å². The van der Waals surface area contributed by atoms with Gasteiger partial charge in [-0.15, -0.1) is 23.4 Å². The first-order valence-corrected chi connectivity index (χ1v) is 8.04. The molecule has 1 amide bonds. The van der Waals surface area contributed by atoms with E-state index in [1.807, 2.05) is 0 Å². The molecule has 0 spiro atoms. The molecule has 0 saturated heterocycles. The summed E-state index contributed by atoms with van der Waals surface area (Å²) in [5.41, 5.74) is -0.479. The number of hydrogen-bond donors (Lipinski definition) is 2. The largest absolute Gasteiger partial charge is 0.573 e. The lowest BCUT2D eigenvalue weighted by molar-refractivity contribution is -0.274. The smallest absolute Gasteiger partial charge is 0.404 e. The van der Waals surface area contributed by atoms with Gasteiger partial charge in [0, 0.05) is 23.2 Å². The second-order valence-corrected chi connectivity index (χ2v) is 5.45. The van der Waals surface area contributed by atoms with E-state index in [9.17, 15) is 18.0 Å². The molecule has 2 heterocycles. The number of halogens is 3. The van der Waals surface area contributed by atoms with Gasteiger partial charge in [-0.25, -0.2) is 4.68 Å². The van der Waals surface area contributed by atoms with Crippen molar-refractivity contribution in [3.05, 3.63) is 36.2 Å². The summed E-state index contributed by atoms with van der Waals surface area (Å²) < 4.78 is 66.0. The second kappa shape index (κ2) is 8.08. The minimum Gasteiger partial charge on any atom is -0.404 e. The van der Waals surface area contributed by atoms with Gasteiger partial charge in [-0.05, 0) is 41.6 Å². The van der Waals surface area contributed by atoms with Gasteiger partial charge in [0.2, 0.25) is 0 Å². The SMILES string of the molecule is [2H]C([2H])([2H])NC(=O)c1nnccc1Nc1ccc(-c2nnnn2CC)cc1OC(F)(F)F. The number of nitrogens with one attached hydrogen (secondary N) is 2. The zero-order valence-corrected chi connectivity index (χ0v) is 14.7. The van der Waals surface area contributed by atoms with E-state index < -0.39 is 30.7 Å². The Kier molecular flexibility index (Phi) is 4.52. The molecule has 3 aromatic rings. The standard InChI is InChI=1S/C16H15F3N8O2/c1-3-27-14(24-25-26-27)9-4-5-10(12(8-9)29-16(17,18)19)22-11-6-7-21-23-13(11)15(28)20-2/h4-8H,3H2,1-2H3,(H,20,28)(H,21,22)/i2D3. The summed E-state index contributed by atoms with van der Waals surface area (Å²) in [6, 6.07) is 5.02. The molecule has 0 saturated carbocycles. The molecule has 0 aliphatic rings. The summed E-state index contributed by atoms with van der Waals surface area (Å²) >= 11 is 0. The Hall–Kier alpha value is -3.77. The van der Waals surface area contributed by atoms with Crippen LogP contribution in [0, 0.1) is 0 Å². The van der Waals surface area contributed by atoms with Crippen LogP contribution in [0.4, 0.5) is 24.5 Å². The van der Waals surface area contributed by atoms with Crippen molar-refractivity contribution >= 4 is 17.3 Å². The van der Waals surface area contributed by atoms with E-state index >= 15 is 0 Å². The molecule has 0 aliphatic heterocycles. The van der Waals surface area contributed by atoms with Crippen LogP contribution in [-0.4, -0.2) is 49.6 Å². The number of amides is 1. The summed E-state index contributed by atoms with van der Waals surface area (Å²) in [5.74, 6) is -1.52. The molecule has 0 radical (unpaired) electrons. The summed E-state index contributed by atoms with van der Waals surface area (Å²) in [5, 5.41) is 22.5. The van der Waals surface area contributed by atoms with E-state index in [0.29, 0.717) is 6.54 Å². The van der Waals surface area contributed by atoms with E-state index in [0.717, 1.165) is 6.07 Å². The van der Waals surface area contributed by atoms with Gasteiger partial charge in [0.05, 0.1) is 17.6 Å². The number of ether oxygens (including phenoxy) is 1. The van der Waals surface area contributed by atoms with Crippen molar-refractivity contribution in [3.63, 3.8) is 0 Å².